The SMILES string of the molecule is CCC.ON=Cc1cc[nH+]cc1.ON=Cc1cc[nH+]cc1.[Cl-].[Cl-]. The molecule has 0 radical (unpaired) electrons. The van der Waals surface area contributed by atoms with Crippen LogP contribution in [0, 0.1) is 0 Å². The Morgan fingerprint density at radius 1 is 0.783 bits per heavy atom. The van der Waals surface area contributed by atoms with Crippen molar-refractivity contribution >= 4 is 12.4 Å². The van der Waals surface area contributed by atoms with Crippen LogP contribution in [0.2, 0.25) is 0 Å². The third kappa shape index (κ3) is 16.0. The molecular weight excluding hydrogens is 339 g/mol. The van der Waals surface area contributed by atoms with E-state index in [2.05, 4.69) is 34.1 Å². The van der Waals surface area contributed by atoms with Gasteiger partial charge in [-0.1, -0.05) is 30.6 Å². The van der Waals surface area contributed by atoms with E-state index in [1.165, 1.54) is 18.9 Å². The molecule has 8 heteroatoms. The van der Waals surface area contributed by atoms with Crippen molar-refractivity contribution in [3.8, 4) is 0 Å². The van der Waals surface area contributed by atoms with Gasteiger partial charge in [0.25, 0.3) is 0 Å². The molecule has 0 spiro atoms. The lowest BCUT2D eigenvalue weighted by Crippen LogP contribution is -3.00. The Bertz CT molecular complexity index is 464. The van der Waals surface area contributed by atoms with E-state index >= 15 is 0 Å². The third-order valence-corrected chi connectivity index (χ3v) is 1.90. The van der Waals surface area contributed by atoms with Crippen molar-refractivity contribution in [2.24, 2.45) is 10.3 Å². The minimum Gasteiger partial charge on any atom is -1.00 e. The van der Waals surface area contributed by atoms with Crippen LogP contribution in [0.3, 0.4) is 0 Å². The predicted octanol–water partition coefficient (Wildman–Crippen LogP) is -3.96. The van der Waals surface area contributed by atoms with E-state index in [-0.39, 0.29) is 24.8 Å². The first-order chi connectivity index (χ1) is 10.3. The summed E-state index contributed by atoms with van der Waals surface area (Å²) in [6.07, 6.45) is 11.0. The van der Waals surface area contributed by atoms with Crippen molar-refractivity contribution in [1.29, 1.82) is 0 Å². The zero-order valence-electron chi connectivity index (χ0n) is 13.0. The van der Waals surface area contributed by atoms with Gasteiger partial charge in [-0.3, -0.25) is 0 Å². The molecule has 0 bridgehead atoms. The van der Waals surface area contributed by atoms with E-state index in [0.29, 0.717) is 0 Å². The van der Waals surface area contributed by atoms with Crippen LogP contribution < -0.4 is 34.8 Å². The maximum absolute atomic E-state index is 8.08. The lowest BCUT2D eigenvalue weighted by Gasteiger charge is -1.80. The molecule has 4 N–H and O–H groups in total. The maximum Gasteiger partial charge on any atom is 0.167 e. The molecule has 2 rings (SSSR count). The predicted molar refractivity (Wildman–Crippen MR) is 80.7 cm³/mol. The van der Waals surface area contributed by atoms with Gasteiger partial charge in [-0.05, 0) is 0 Å². The number of oxime groups is 2. The summed E-state index contributed by atoms with van der Waals surface area (Å²) in [5.41, 5.74) is 1.74. The summed E-state index contributed by atoms with van der Waals surface area (Å²) < 4.78 is 0. The lowest BCUT2D eigenvalue weighted by molar-refractivity contribution is -0.378. The standard InChI is InChI=1S/2C6H6N2O.C3H8.2ClH/c2*9-8-5-6-1-3-7-4-2-6;1-3-2;;/h2*1-5,9H;3H2,1-2H3;2*1H. The average Bonchev–Trinajstić information content (AvgIpc) is 2.52. The molecule has 0 unspecified atom stereocenters. The average molecular weight is 361 g/mol. The Kier molecular flexibility index (Phi) is 22.2. The number of aromatic nitrogens is 2. The third-order valence-electron chi connectivity index (χ3n) is 1.90. The molecule has 0 aliphatic rings. The lowest BCUT2D eigenvalue weighted by atomic mass is 10.3. The maximum atomic E-state index is 8.08. The first kappa shape index (κ1) is 25.8. The molecule has 0 saturated carbocycles. The van der Waals surface area contributed by atoms with Crippen molar-refractivity contribution in [2.75, 3.05) is 0 Å². The minimum absolute atomic E-state index is 0. The molecule has 23 heavy (non-hydrogen) atoms. The van der Waals surface area contributed by atoms with Crippen molar-refractivity contribution < 1.29 is 45.2 Å². The number of H-pyrrole nitrogens is 2. The number of hydrogen-bond acceptors (Lipinski definition) is 4. The van der Waals surface area contributed by atoms with Crippen LogP contribution in [0.25, 0.3) is 0 Å². The molecule has 0 aromatic carbocycles. The normalized spacial score (nSPS) is 8.78. The zero-order chi connectivity index (χ0) is 15.8. The number of hydrogen-bond donors (Lipinski definition) is 2. The van der Waals surface area contributed by atoms with Gasteiger partial charge in [0.15, 0.2) is 24.8 Å². The Balaban J connectivity index is -0.000000277. The summed E-state index contributed by atoms with van der Waals surface area (Å²) in [6.45, 7) is 4.25. The Hall–Kier alpha value is -2.18. The number of rotatable bonds is 2. The van der Waals surface area contributed by atoms with E-state index in [4.69, 9.17) is 10.4 Å². The van der Waals surface area contributed by atoms with Gasteiger partial charge in [-0.15, -0.1) is 0 Å². The highest BCUT2D eigenvalue weighted by molar-refractivity contribution is 5.78. The fourth-order valence-corrected chi connectivity index (χ4v) is 1.11. The van der Waals surface area contributed by atoms with E-state index in [1.807, 2.05) is 0 Å². The Morgan fingerprint density at radius 2 is 1.04 bits per heavy atom. The highest BCUT2D eigenvalue weighted by Gasteiger charge is 1.85. The molecule has 0 aliphatic carbocycles. The molecule has 128 valence electrons. The van der Waals surface area contributed by atoms with Gasteiger partial charge in [-0.2, -0.15) is 0 Å². The molecule has 0 aliphatic heterocycles. The van der Waals surface area contributed by atoms with Crippen LogP contribution in [0.15, 0.2) is 59.4 Å². The van der Waals surface area contributed by atoms with Crippen LogP contribution >= 0.6 is 0 Å². The largest absolute Gasteiger partial charge is 1.00 e. The van der Waals surface area contributed by atoms with Crippen molar-refractivity contribution in [3.63, 3.8) is 0 Å². The number of aromatic amines is 2. The quantitative estimate of drug-likeness (QED) is 0.325. The van der Waals surface area contributed by atoms with Gasteiger partial charge < -0.3 is 35.2 Å². The molecule has 6 nitrogen and oxygen atoms in total. The summed E-state index contributed by atoms with van der Waals surface area (Å²) in [6, 6.07) is 7.22. The zero-order valence-corrected chi connectivity index (χ0v) is 14.5. The summed E-state index contributed by atoms with van der Waals surface area (Å²) in [5.74, 6) is 0. The highest BCUT2D eigenvalue weighted by atomic mass is 35.5. The van der Waals surface area contributed by atoms with Crippen LogP contribution in [0.4, 0.5) is 0 Å². The second-order valence-electron chi connectivity index (χ2n) is 3.86. The van der Waals surface area contributed by atoms with Crippen molar-refractivity contribution in [2.45, 2.75) is 20.3 Å². The van der Waals surface area contributed by atoms with E-state index < -0.39 is 0 Å². The first-order valence-electron chi connectivity index (χ1n) is 6.55. The number of pyridine rings is 2. The van der Waals surface area contributed by atoms with E-state index in [0.717, 1.165) is 11.1 Å². The monoisotopic (exact) mass is 360 g/mol. The number of halogens is 2. The fraction of sp³-hybridized carbons (Fsp3) is 0.200. The summed E-state index contributed by atoms with van der Waals surface area (Å²) in [5, 5.41) is 21.9. The molecule has 0 amide bonds. The topological polar surface area (TPSA) is 93.5 Å². The molecule has 0 atom stereocenters. The molecule has 0 fully saturated rings. The second-order valence-corrected chi connectivity index (χ2v) is 3.86. The molecule has 2 heterocycles. The number of nitrogens with one attached hydrogen (secondary N) is 2. The molecule has 2 aromatic heterocycles. The van der Waals surface area contributed by atoms with Gasteiger partial charge in [0, 0.05) is 35.4 Å². The van der Waals surface area contributed by atoms with Gasteiger partial charge in [0.1, 0.15) is 0 Å². The van der Waals surface area contributed by atoms with E-state index in [1.54, 1.807) is 49.1 Å². The smallest absolute Gasteiger partial charge is 0.167 e. The first-order valence-corrected chi connectivity index (χ1v) is 6.55. The van der Waals surface area contributed by atoms with Crippen LogP contribution in [-0.2, 0) is 0 Å². The van der Waals surface area contributed by atoms with Crippen LogP contribution in [-0.4, -0.2) is 22.8 Å². The molecular formula is C15H22Cl2N4O2. The van der Waals surface area contributed by atoms with Gasteiger partial charge in [-0.25, -0.2) is 9.97 Å². The summed E-state index contributed by atoms with van der Waals surface area (Å²) in [4.78, 5) is 5.70. The fourth-order valence-electron chi connectivity index (χ4n) is 1.11. The second kappa shape index (κ2) is 19.8. The number of nitrogens with zero attached hydrogens (tertiary/aromatic N) is 2. The Labute approximate surface area is 148 Å². The summed E-state index contributed by atoms with van der Waals surface area (Å²) in [7, 11) is 0. The van der Waals surface area contributed by atoms with E-state index in [9.17, 15) is 0 Å². The highest BCUT2D eigenvalue weighted by Crippen LogP contribution is 1.87. The van der Waals surface area contributed by atoms with Crippen LogP contribution in [0.5, 0.6) is 0 Å². The molecule has 0 saturated heterocycles. The summed E-state index contributed by atoms with van der Waals surface area (Å²) >= 11 is 0. The van der Waals surface area contributed by atoms with Crippen LogP contribution in [0.1, 0.15) is 31.4 Å². The van der Waals surface area contributed by atoms with Crippen molar-refractivity contribution in [3.05, 3.63) is 60.2 Å². The molecule has 2 aromatic rings. The van der Waals surface area contributed by atoms with Gasteiger partial charge in [0.05, 0.1) is 12.4 Å². The van der Waals surface area contributed by atoms with Crippen molar-refractivity contribution in [1.82, 2.24) is 0 Å². The van der Waals surface area contributed by atoms with Gasteiger partial charge in [0.2, 0.25) is 0 Å². The van der Waals surface area contributed by atoms with Gasteiger partial charge >= 0.3 is 0 Å². The Morgan fingerprint density at radius 3 is 1.26 bits per heavy atom. The minimum atomic E-state index is 0.